The van der Waals surface area contributed by atoms with Crippen LogP contribution in [0.2, 0.25) is 0 Å². The van der Waals surface area contributed by atoms with Gasteiger partial charge in [-0.05, 0) is 47.0 Å². The van der Waals surface area contributed by atoms with Gasteiger partial charge in [-0.2, -0.15) is 4.31 Å². The number of piperidine rings is 1. The zero-order valence-corrected chi connectivity index (χ0v) is 13.9. The van der Waals surface area contributed by atoms with Crippen LogP contribution in [0.25, 0.3) is 0 Å². The second kappa shape index (κ2) is 6.41. The third kappa shape index (κ3) is 3.27. The minimum atomic E-state index is -3.85. The number of carbonyl (C=O) groups excluding carboxylic acids is 1. The zero-order chi connectivity index (χ0) is 15.6. The Morgan fingerprint density at radius 1 is 1.43 bits per heavy atom. The maximum Gasteiger partial charge on any atom is 0.244 e. The van der Waals surface area contributed by atoms with Crippen LogP contribution in [0.3, 0.4) is 0 Å². The Bertz CT molecular complexity index is 651. The summed E-state index contributed by atoms with van der Waals surface area (Å²) < 4.78 is 40.0. The fourth-order valence-corrected chi connectivity index (χ4v) is 5.10. The van der Waals surface area contributed by atoms with Crippen molar-refractivity contribution in [3.63, 3.8) is 0 Å². The number of sulfonamides is 1. The number of benzene rings is 1. The van der Waals surface area contributed by atoms with Gasteiger partial charge in [0.25, 0.3) is 0 Å². The number of likely N-dealkylation sites (N-methyl/N-ethyl adjacent to an activating group) is 1. The van der Waals surface area contributed by atoms with Crippen molar-refractivity contribution in [3.05, 3.63) is 28.5 Å². The van der Waals surface area contributed by atoms with Crippen molar-refractivity contribution < 1.29 is 17.6 Å². The Morgan fingerprint density at radius 2 is 2.14 bits per heavy atom. The third-order valence-electron chi connectivity index (χ3n) is 3.48. The molecule has 2 rings (SSSR count). The van der Waals surface area contributed by atoms with Gasteiger partial charge >= 0.3 is 0 Å². The smallest absolute Gasteiger partial charge is 0.244 e. The van der Waals surface area contributed by atoms with Crippen molar-refractivity contribution in [1.29, 1.82) is 0 Å². The van der Waals surface area contributed by atoms with Crippen LogP contribution in [0, 0.1) is 5.82 Å². The molecular weight excluding hydrogens is 363 g/mol. The minimum Gasteiger partial charge on any atom is -0.358 e. The molecule has 8 heteroatoms. The summed E-state index contributed by atoms with van der Waals surface area (Å²) in [7, 11) is -2.37. The summed E-state index contributed by atoms with van der Waals surface area (Å²) in [5.41, 5.74) is 0. The SMILES string of the molecule is CNC(=O)C1CCCCN1S(=O)(=O)c1ccc(F)cc1Br. The average molecular weight is 379 g/mol. The van der Waals surface area contributed by atoms with Crippen LogP contribution in [-0.4, -0.2) is 38.3 Å². The van der Waals surface area contributed by atoms with Gasteiger partial charge in [0.05, 0.1) is 4.90 Å². The molecule has 1 N–H and O–H groups in total. The molecule has 0 bridgehead atoms. The van der Waals surface area contributed by atoms with Gasteiger partial charge in [-0.3, -0.25) is 4.79 Å². The van der Waals surface area contributed by atoms with Gasteiger partial charge in [0.15, 0.2) is 0 Å². The van der Waals surface area contributed by atoms with Gasteiger partial charge in [-0.1, -0.05) is 6.42 Å². The molecule has 116 valence electrons. The zero-order valence-electron chi connectivity index (χ0n) is 11.5. The summed E-state index contributed by atoms with van der Waals surface area (Å²) in [5.74, 6) is -0.848. The predicted octanol–water partition coefficient (Wildman–Crippen LogP) is 1.88. The lowest BCUT2D eigenvalue weighted by atomic mass is 10.0. The normalized spacial score (nSPS) is 20.2. The fourth-order valence-electron chi connectivity index (χ4n) is 2.43. The molecule has 1 aliphatic rings. The van der Waals surface area contributed by atoms with E-state index in [1.54, 1.807) is 0 Å². The minimum absolute atomic E-state index is 0.0281. The maximum atomic E-state index is 13.1. The lowest BCUT2D eigenvalue weighted by Gasteiger charge is -2.33. The molecule has 1 heterocycles. The number of nitrogens with one attached hydrogen (secondary N) is 1. The monoisotopic (exact) mass is 378 g/mol. The molecule has 0 saturated carbocycles. The highest BCUT2D eigenvalue weighted by molar-refractivity contribution is 9.10. The van der Waals surface area contributed by atoms with Gasteiger partial charge < -0.3 is 5.32 Å². The van der Waals surface area contributed by atoms with E-state index in [0.29, 0.717) is 12.8 Å². The van der Waals surface area contributed by atoms with Crippen LogP contribution >= 0.6 is 15.9 Å². The van der Waals surface area contributed by atoms with Gasteiger partial charge in [0, 0.05) is 18.1 Å². The van der Waals surface area contributed by atoms with E-state index < -0.39 is 21.9 Å². The largest absolute Gasteiger partial charge is 0.358 e. The Kier molecular flexibility index (Phi) is 5.00. The highest BCUT2D eigenvalue weighted by Crippen LogP contribution is 2.30. The Hall–Kier alpha value is -0.990. The standard InChI is InChI=1S/C13H16BrFN2O3S/c1-16-13(18)11-4-2-3-7-17(11)21(19,20)12-6-5-9(15)8-10(12)14/h5-6,8,11H,2-4,7H2,1H3,(H,16,18). The molecule has 1 unspecified atom stereocenters. The molecule has 1 atom stereocenters. The van der Waals surface area contributed by atoms with Gasteiger partial charge in [0.1, 0.15) is 11.9 Å². The van der Waals surface area contributed by atoms with E-state index in [4.69, 9.17) is 0 Å². The van der Waals surface area contributed by atoms with Crippen molar-refractivity contribution in [2.24, 2.45) is 0 Å². The molecule has 1 amide bonds. The first-order valence-electron chi connectivity index (χ1n) is 6.56. The van der Waals surface area contributed by atoms with Crippen LogP contribution in [0.1, 0.15) is 19.3 Å². The first-order valence-corrected chi connectivity index (χ1v) is 8.79. The third-order valence-corrected chi connectivity index (χ3v) is 6.37. The Morgan fingerprint density at radius 3 is 2.76 bits per heavy atom. The lowest BCUT2D eigenvalue weighted by Crippen LogP contribution is -2.51. The number of hydrogen-bond acceptors (Lipinski definition) is 3. The van der Waals surface area contributed by atoms with Crippen molar-refractivity contribution in [2.75, 3.05) is 13.6 Å². The number of amides is 1. The molecule has 21 heavy (non-hydrogen) atoms. The molecule has 5 nitrogen and oxygen atoms in total. The molecule has 1 aromatic rings. The van der Waals surface area contributed by atoms with E-state index in [1.807, 2.05) is 0 Å². The number of halogens is 2. The summed E-state index contributed by atoms with van der Waals surface area (Å²) >= 11 is 3.08. The second-order valence-electron chi connectivity index (χ2n) is 4.82. The van der Waals surface area contributed by atoms with Crippen LogP contribution in [0.15, 0.2) is 27.6 Å². The van der Waals surface area contributed by atoms with Crippen molar-refractivity contribution >= 4 is 31.9 Å². The van der Waals surface area contributed by atoms with Gasteiger partial charge in [-0.25, -0.2) is 12.8 Å². The molecule has 1 fully saturated rings. The van der Waals surface area contributed by atoms with Crippen molar-refractivity contribution in [2.45, 2.75) is 30.2 Å². The topological polar surface area (TPSA) is 66.5 Å². The molecule has 0 radical (unpaired) electrons. The van der Waals surface area contributed by atoms with Crippen molar-refractivity contribution in [3.8, 4) is 0 Å². The van der Waals surface area contributed by atoms with Crippen LogP contribution in [0.4, 0.5) is 4.39 Å². The fraction of sp³-hybridized carbons (Fsp3) is 0.462. The first kappa shape index (κ1) is 16.4. The van der Waals surface area contributed by atoms with Gasteiger partial charge in [0.2, 0.25) is 15.9 Å². The number of nitrogens with zero attached hydrogens (tertiary/aromatic N) is 1. The van der Waals surface area contributed by atoms with Crippen LogP contribution in [-0.2, 0) is 14.8 Å². The van der Waals surface area contributed by atoms with E-state index in [0.717, 1.165) is 18.6 Å². The highest BCUT2D eigenvalue weighted by atomic mass is 79.9. The summed E-state index contributed by atoms with van der Waals surface area (Å²) in [6.07, 6.45) is 1.98. The summed E-state index contributed by atoms with van der Waals surface area (Å²) in [6, 6.07) is 2.69. The van der Waals surface area contributed by atoms with E-state index in [9.17, 15) is 17.6 Å². The molecule has 1 saturated heterocycles. The molecule has 1 aliphatic heterocycles. The maximum absolute atomic E-state index is 13.1. The summed E-state index contributed by atoms with van der Waals surface area (Å²) in [5, 5.41) is 2.50. The molecule has 1 aromatic carbocycles. The molecule has 0 aromatic heterocycles. The summed E-state index contributed by atoms with van der Waals surface area (Å²) in [6.45, 7) is 0.282. The predicted molar refractivity (Wildman–Crippen MR) is 79.7 cm³/mol. The summed E-state index contributed by atoms with van der Waals surface area (Å²) in [4.78, 5) is 11.9. The molecule has 0 aliphatic carbocycles. The number of carbonyl (C=O) groups is 1. The van der Waals surface area contributed by atoms with Crippen molar-refractivity contribution in [1.82, 2.24) is 9.62 Å². The Labute approximate surface area is 131 Å². The van der Waals surface area contributed by atoms with Gasteiger partial charge in [-0.15, -0.1) is 0 Å². The van der Waals surface area contributed by atoms with Crippen LogP contribution in [0.5, 0.6) is 0 Å². The lowest BCUT2D eigenvalue weighted by molar-refractivity contribution is -0.125. The van der Waals surface area contributed by atoms with E-state index in [-0.39, 0.29) is 21.8 Å². The first-order chi connectivity index (χ1) is 9.87. The van der Waals surface area contributed by atoms with Crippen LogP contribution < -0.4 is 5.32 Å². The number of rotatable bonds is 3. The molecule has 0 spiro atoms. The van der Waals surface area contributed by atoms with E-state index in [2.05, 4.69) is 21.2 Å². The quantitative estimate of drug-likeness (QED) is 0.872. The molecular formula is C13H16BrFN2O3S. The van der Waals surface area contributed by atoms with E-state index >= 15 is 0 Å². The number of hydrogen-bond donors (Lipinski definition) is 1. The Balaban J connectivity index is 2.43. The highest BCUT2D eigenvalue weighted by Gasteiger charge is 2.38. The second-order valence-corrected chi connectivity index (χ2v) is 7.53. The average Bonchev–Trinajstić information content (AvgIpc) is 2.46. The van der Waals surface area contributed by atoms with E-state index in [1.165, 1.54) is 17.4 Å².